The molecule has 1 N–H and O–H groups in total. The van der Waals surface area contributed by atoms with E-state index in [2.05, 4.69) is 21.2 Å². The third kappa shape index (κ3) is 5.09. The first kappa shape index (κ1) is 22.1. The molecule has 7 heteroatoms. The van der Waals surface area contributed by atoms with E-state index in [1.54, 1.807) is 60.7 Å². The maximum atomic E-state index is 13.4. The summed E-state index contributed by atoms with van der Waals surface area (Å²) in [5, 5.41) is 2.76. The lowest BCUT2D eigenvalue weighted by atomic mass is 10.1. The summed E-state index contributed by atoms with van der Waals surface area (Å²) in [5.74, 6) is -0.425. The van der Waals surface area contributed by atoms with Gasteiger partial charge in [0.15, 0.2) is 0 Å². The van der Waals surface area contributed by atoms with E-state index in [1.807, 2.05) is 26.8 Å². The zero-order chi connectivity index (χ0) is 21.9. The Kier molecular flexibility index (Phi) is 6.63. The number of sulfonamides is 1. The van der Waals surface area contributed by atoms with Gasteiger partial charge < -0.3 is 5.32 Å². The Balaban J connectivity index is 1.96. The van der Waals surface area contributed by atoms with Gasteiger partial charge in [-0.05, 0) is 80.4 Å². The molecule has 0 atom stereocenters. The Morgan fingerprint density at radius 2 is 1.53 bits per heavy atom. The highest BCUT2D eigenvalue weighted by Gasteiger charge is 2.27. The van der Waals surface area contributed by atoms with Crippen molar-refractivity contribution in [2.24, 2.45) is 0 Å². The number of carbonyl (C=O) groups is 1. The molecule has 0 saturated heterocycles. The highest BCUT2D eigenvalue weighted by Crippen LogP contribution is 2.26. The van der Waals surface area contributed by atoms with Gasteiger partial charge in [0.25, 0.3) is 10.0 Å². The second-order valence-corrected chi connectivity index (χ2v) is 9.93. The minimum absolute atomic E-state index is 0.141. The van der Waals surface area contributed by atoms with Crippen LogP contribution >= 0.6 is 15.9 Å². The molecule has 3 aromatic rings. The van der Waals surface area contributed by atoms with Crippen LogP contribution in [0.3, 0.4) is 0 Å². The van der Waals surface area contributed by atoms with Gasteiger partial charge in [0, 0.05) is 10.2 Å². The Labute approximate surface area is 185 Å². The number of aryl methyl sites for hydroxylation is 3. The Bertz CT molecular complexity index is 1160. The molecule has 0 aliphatic heterocycles. The quantitative estimate of drug-likeness (QED) is 0.519. The molecular weight excluding hydrogens is 464 g/mol. The van der Waals surface area contributed by atoms with Crippen LogP contribution in [-0.4, -0.2) is 20.9 Å². The molecule has 0 saturated carbocycles. The summed E-state index contributed by atoms with van der Waals surface area (Å²) < 4.78 is 28.9. The lowest BCUT2D eigenvalue weighted by Crippen LogP contribution is -2.38. The van der Waals surface area contributed by atoms with Crippen molar-refractivity contribution in [2.75, 3.05) is 16.2 Å². The first-order valence-electron chi connectivity index (χ1n) is 9.39. The second kappa shape index (κ2) is 9.02. The first-order valence-corrected chi connectivity index (χ1v) is 11.6. The molecule has 0 aliphatic rings. The van der Waals surface area contributed by atoms with Crippen molar-refractivity contribution in [3.05, 3.63) is 87.9 Å². The monoisotopic (exact) mass is 486 g/mol. The average Bonchev–Trinajstić information content (AvgIpc) is 2.70. The molecule has 30 heavy (non-hydrogen) atoms. The Hall–Kier alpha value is -2.64. The second-order valence-electron chi connectivity index (χ2n) is 7.15. The summed E-state index contributed by atoms with van der Waals surface area (Å²) in [6, 6.07) is 19.1. The topological polar surface area (TPSA) is 66.5 Å². The number of halogens is 1. The molecule has 3 rings (SSSR count). The summed E-state index contributed by atoms with van der Waals surface area (Å²) in [6.07, 6.45) is 0. The van der Waals surface area contributed by atoms with Gasteiger partial charge >= 0.3 is 0 Å². The normalized spacial score (nSPS) is 11.2. The molecule has 1 amide bonds. The van der Waals surface area contributed by atoms with Crippen molar-refractivity contribution in [1.82, 2.24) is 0 Å². The van der Waals surface area contributed by atoms with Gasteiger partial charge in [-0.25, -0.2) is 8.42 Å². The van der Waals surface area contributed by atoms with Gasteiger partial charge in [0.1, 0.15) is 6.54 Å². The number of rotatable bonds is 6. The number of nitrogens with zero attached hydrogens (tertiary/aromatic N) is 1. The van der Waals surface area contributed by atoms with E-state index in [0.29, 0.717) is 11.4 Å². The van der Waals surface area contributed by atoms with Crippen LogP contribution in [-0.2, 0) is 14.8 Å². The molecule has 0 fully saturated rings. The minimum atomic E-state index is -3.93. The molecule has 0 unspecified atom stereocenters. The van der Waals surface area contributed by atoms with Crippen molar-refractivity contribution < 1.29 is 13.2 Å². The van der Waals surface area contributed by atoms with Gasteiger partial charge in [-0.15, -0.1) is 0 Å². The SMILES string of the molecule is Cc1ccc(S(=O)(=O)N(CC(=O)Nc2ccc(Br)cc2)c2ccc(C)c(C)c2)cc1. The first-order chi connectivity index (χ1) is 14.2. The minimum Gasteiger partial charge on any atom is -0.325 e. The summed E-state index contributed by atoms with van der Waals surface area (Å²) in [4.78, 5) is 12.9. The third-order valence-corrected chi connectivity index (χ3v) is 7.12. The number of carbonyl (C=O) groups excluding carboxylic acids is 1. The molecule has 0 spiro atoms. The van der Waals surface area contributed by atoms with Crippen LogP contribution in [0.5, 0.6) is 0 Å². The van der Waals surface area contributed by atoms with E-state index in [-0.39, 0.29) is 11.4 Å². The number of nitrogens with one attached hydrogen (secondary N) is 1. The highest BCUT2D eigenvalue weighted by atomic mass is 79.9. The summed E-state index contributed by atoms with van der Waals surface area (Å²) in [7, 11) is -3.93. The van der Waals surface area contributed by atoms with Crippen LogP contribution < -0.4 is 9.62 Å². The maximum absolute atomic E-state index is 13.4. The fraction of sp³-hybridized carbons (Fsp3) is 0.174. The standard InChI is InChI=1S/C23H23BrN2O3S/c1-16-4-12-22(13-5-16)30(28,29)26(21-11-6-17(2)18(3)14-21)15-23(27)25-20-9-7-19(24)8-10-20/h4-14H,15H2,1-3H3,(H,25,27). The van der Waals surface area contributed by atoms with E-state index >= 15 is 0 Å². The molecular formula is C23H23BrN2O3S. The van der Waals surface area contributed by atoms with Gasteiger partial charge in [0.05, 0.1) is 10.6 Å². The van der Waals surface area contributed by atoms with Crippen LogP contribution in [0.25, 0.3) is 0 Å². The molecule has 0 radical (unpaired) electrons. The Morgan fingerprint density at radius 3 is 2.13 bits per heavy atom. The predicted octanol–water partition coefficient (Wildman–Crippen LogP) is 5.21. The number of benzene rings is 3. The van der Waals surface area contributed by atoms with E-state index < -0.39 is 15.9 Å². The van der Waals surface area contributed by atoms with Crippen LogP contribution in [0.4, 0.5) is 11.4 Å². The van der Waals surface area contributed by atoms with Crippen LogP contribution in [0.2, 0.25) is 0 Å². The molecule has 3 aromatic carbocycles. The van der Waals surface area contributed by atoms with Crippen molar-refractivity contribution in [3.8, 4) is 0 Å². The van der Waals surface area contributed by atoms with Gasteiger partial charge in [0.2, 0.25) is 5.91 Å². The van der Waals surface area contributed by atoms with E-state index in [9.17, 15) is 13.2 Å². The maximum Gasteiger partial charge on any atom is 0.264 e. The lowest BCUT2D eigenvalue weighted by molar-refractivity contribution is -0.114. The van der Waals surface area contributed by atoms with E-state index in [0.717, 1.165) is 25.5 Å². The van der Waals surface area contributed by atoms with Crippen molar-refractivity contribution >= 4 is 43.2 Å². The van der Waals surface area contributed by atoms with Crippen LogP contribution in [0, 0.1) is 20.8 Å². The largest absolute Gasteiger partial charge is 0.325 e. The molecule has 156 valence electrons. The Morgan fingerprint density at radius 1 is 0.900 bits per heavy atom. The number of amides is 1. The number of anilines is 2. The zero-order valence-electron chi connectivity index (χ0n) is 17.0. The summed E-state index contributed by atoms with van der Waals surface area (Å²) in [5.41, 5.74) is 4.00. The fourth-order valence-electron chi connectivity index (χ4n) is 2.90. The lowest BCUT2D eigenvalue weighted by Gasteiger charge is -2.25. The third-order valence-electron chi connectivity index (χ3n) is 4.80. The number of hydrogen-bond donors (Lipinski definition) is 1. The molecule has 0 bridgehead atoms. The van der Waals surface area contributed by atoms with E-state index in [1.165, 1.54) is 0 Å². The summed E-state index contributed by atoms with van der Waals surface area (Å²) in [6.45, 7) is 5.42. The van der Waals surface area contributed by atoms with Gasteiger partial charge in [-0.3, -0.25) is 9.10 Å². The fourth-order valence-corrected chi connectivity index (χ4v) is 4.57. The smallest absolute Gasteiger partial charge is 0.264 e. The predicted molar refractivity (Wildman–Crippen MR) is 124 cm³/mol. The molecule has 0 aromatic heterocycles. The van der Waals surface area contributed by atoms with Gasteiger partial charge in [-0.2, -0.15) is 0 Å². The van der Waals surface area contributed by atoms with Gasteiger partial charge in [-0.1, -0.05) is 39.7 Å². The van der Waals surface area contributed by atoms with Crippen molar-refractivity contribution in [2.45, 2.75) is 25.7 Å². The van der Waals surface area contributed by atoms with Crippen LogP contribution in [0.15, 0.2) is 76.1 Å². The van der Waals surface area contributed by atoms with Crippen LogP contribution in [0.1, 0.15) is 16.7 Å². The highest BCUT2D eigenvalue weighted by molar-refractivity contribution is 9.10. The van der Waals surface area contributed by atoms with E-state index in [4.69, 9.17) is 0 Å². The molecule has 0 heterocycles. The zero-order valence-corrected chi connectivity index (χ0v) is 19.4. The summed E-state index contributed by atoms with van der Waals surface area (Å²) >= 11 is 3.35. The van der Waals surface area contributed by atoms with Crippen molar-refractivity contribution in [3.63, 3.8) is 0 Å². The van der Waals surface area contributed by atoms with Crippen molar-refractivity contribution in [1.29, 1.82) is 0 Å². The molecule has 5 nitrogen and oxygen atoms in total. The number of hydrogen-bond acceptors (Lipinski definition) is 3. The average molecular weight is 487 g/mol. The molecule has 0 aliphatic carbocycles.